The van der Waals surface area contributed by atoms with Crippen molar-refractivity contribution in [3.05, 3.63) is 64.5 Å². The standard InChI is InChI=1S/C21H18N2O3S/c1-2-9-26-18(24)11-23-13-22-20-19(21(23)25)17(12-27-20)16-8-7-14-5-3-4-6-15(14)10-16/h3-8,10,12-13H,2,9,11H2,1H3. The molecule has 5 nitrogen and oxygen atoms in total. The number of aromatic nitrogens is 2. The fraction of sp³-hybridized carbons (Fsp3) is 0.190. The van der Waals surface area contributed by atoms with Gasteiger partial charge in [-0.15, -0.1) is 11.3 Å². The molecule has 0 fully saturated rings. The minimum atomic E-state index is -0.428. The lowest BCUT2D eigenvalue weighted by atomic mass is 10.0. The van der Waals surface area contributed by atoms with E-state index in [0.717, 1.165) is 28.3 Å². The zero-order valence-corrected chi connectivity index (χ0v) is 15.7. The maximum atomic E-state index is 13.0. The van der Waals surface area contributed by atoms with Crippen molar-refractivity contribution in [1.29, 1.82) is 0 Å². The zero-order chi connectivity index (χ0) is 18.8. The summed E-state index contributed by atoms with van der Waals surface area (Å²) >= 11 is 1.43. The lowest BCUT2D eigenvalue weighted by Gasteiger charge is -2.07. The summed E-state index contributed by atoms with van der Waals surface area (Å²) in [5, 5.41) is 4.75. The van der Waals surface area contributed by atoms with Gasteiger partial charge < -0.3 is 4.74 Å². The topological polar surface area (TPSA) is 61.2 Å². The molecule has 136 valence electrons. The van der Waals surface area contributed by atoms with Gasteiger partial charge in [-0.05, 0) is 28.8 Å². The number of carbonyl (C=O) groups is 1. The molecule has 4 rings (SSSR count). The van der Waals surface area contributed by atoms with Gasteiger partial charge in [-0.1, -0.05) is 43.3 Å². The van der Waals surface area contributed by atoms with Crippen LogP contribution in [0.5, 0.6) is 0 Å². The van der Waals surface area contributed by atoms with E-state index in [0.29, 0.717) is 16.8 Å². The van der Waals surface area contributed by atoms with Crippen molar-refractivity contribution in [1.82, 2.24) is 9.55 Å². The van der Waals surface area contributed by atoms with Crippen molar-refractivity contribution in [2.75, 3.05) is 6.61 Å². The first kappa shape index (κ1) is 17.4. The summed E-state index contributed by atoms with van der Waals surface area (Å²) < 4.78 is 6.40. The molecule has 0 bridgehead atoms. The number of benzene rings is 2. The molecule has 0 aliphatic carbocycles. The molecule has 0 aliphatic rings. The lowest BCUT2D eigenvalue weighted by molar-refractivity contribution is -0.144. The van der Waals surface area contributed by atoms with E-state index in [4.69, 9.17) is 4.74 Å². The van der Waals surface area contributed by atoms with Crippen LogP contribution in [0.25, 0.3) is 32.1 Å². The number of nitrogens with zero attached hydrogens (tertiary/aromatic N) is 2. The maximum absolute atomic E-state index is 13.0. The van der Waals surface area contributed by atoms with Crippen LogP contribution in [0.3, 0.4) is 0 Å². The molecule has 0 amide bonds. The molecule has 0 saturated carbocycles. The molecule has 2 heterocycles. The fourth-order valence-corrected chi connectivity index (χ4v) is 3.96. The fourth-order valence-electron chi connectivity index (χ4n) is 3.05. The van der Waals surface area contributed by atoms with Crippen LogP contribution in [-0.2, 0) is 16.1 Å². The normalized spacial score (nSPS) is 11.1. The van der Waals surface area contributed by atoms with E-state index >= 15 is 0 Å². The van der Waals surface area contributed by atoms with Crippen LogP contribution in [0.4, 0.5) is 0 Å². The molecule has 0 saturated heterocycles. The summed E-state index contributed by atoms with van der Waals surface area (Å²) in [5.74, 6) is -0.428. The van der Waals surface area contributed by atoms with Gasteiger partial charge in [0, 0.05) is 10.9 Å². The second-order valence-corrected chi connectivity index (χ2v) is 7.15. The van der Waals surface area contributed by atoms with Gasteiger partial charge in [-0.2, -0.15) is 0 Å². The Labute approximate surface area is 159 Å². The Morgan fingerprint density at radius 1 is 1.19 bits per heavy atom. The van der Waals surface area contributed by atoms with Crippen molar-refractivity contribution in [3.8, 4) is 11.1 Å². The van der Waals surface area contributed by atoms with Crippen molar-refractivity contribution >= 4 is 38.3 Å². The smallest absolute Gasteiger partial charge is 0.326 e. The highest BCUT2D eigenvalue weighted by atomic mass is 32.1. The van der Waals surface area contributed by atoms with Crippen LogP contribution in [0.1, 0.15) is 13.3 Å². The number of fused-ring (bicyclic) bond motifs is 2. The van der Waals surface area contributed by atoms with Crippen molar-refractivity contribution in [2.24, 2.45) is 0 Å². The van der Waals surface area contributed by atoms with E-state index in [1.807, 2.05) is 42.6 Å². The third-order valence-corrected chi connectivity index (χ3v) is 5.27. The van der Waals surface area contributed by atoms with Gasteiger partial charge in [0.25, 0.3) is 5.56 Å². The minimum Gasteiger partial charge on any atom is -0.464 e. The van der Waals surface area contributed by atoms with E-state index in [-0.39, 0.29) is 12.1 Å². The molecule has 0 N–H and O–H groups in total. The highest BCUT2D eigenvalue weighted by molar-refractivity contribution is 7.17. The average molecular weight is 378 g/mol. The largest absolute Gasteiger partial charge is 0.464 e. The average Bonchev–Trinajstić information content (AvgIpc) is 3.13. The van der Waals surface area contributed by atoms with Crippen molar-refractivity contribution in [3.63, 3.8) is 0 Å². The summed E-state index contributed by atoms with van der Waals surface area (Å²) in [6.45, 7) is 2.15. The summed E-state index contributed by atoms with van der Waals surface area (Å²) in [4.78, 5) is 29.9. The minimum absolute atomic E-state index is 0.130. The van der Waals surface area contributed by atoms with E-state index in [9.17, 15) is 9.59 Å². The predicted octanol–water partition coefficient (Wildman–Crippen LogP) is 4.23. The van der Waals surface area contributed by atoms with Crippen LogP contribution in [0, 0.1) is 0 Å². The summed E-state index contributed by atoms with van der Waals surface area (Å²) in [7, 11) is 0. The third-order valence-electron chi connectivity index (χ3n) is 4.39. The number of rotatable bonds is 5. The molecular weight excluding hydrogens is 360 g/mol. The molecule has 27 heavy (non-hydrogen) atoms. The Bertz CT molecular complexity index is 1190. The molecular formula is C21H18N2O3S. The summed E-state index contributed by atoms with van der Waals surface area (Å²) in [6, 6.07) is 14.2. The Morgan fingerprint density at radius 2 is 2.00 bits per heavy atom. The van der Waals surface area contributed by atoms with Crippen molar-refractivity contribution in [2.45, 2.75) is 19.9 Å². The van der Waals surface area contributed by atoms with Gasteiger partial charge >= 0.3 is 5.97 Å². The summed E-state index contributed by atoms with van der Waals surface area (Å²) in [5.41, 5.74) is 1.58. The van der Waals surface area contributed by atoms with Gasteiger partial charge in [0.15, 0.2) is 0 Å². The molecule has 0 atom stereocenters. The van der Waals surface area contributed by atoms with Crippen LogP contribution in [-0.4, -0.2) is 22.1 Å². The number of hydrogen-bond acceptors (Lipinski definition) is 5. The van der Waals surface area contributed by atoms with Crippen LogP contribution >= 0.6 is 11.3 Å². The number of hydrogen-bond donors (Lipinski definition) is 0. The highest BCUT2D eigenvalue weighted by Crippen LogP contribution is 2.32. The van der Waals surface area contributed by atoms with Gasteiger partial charge in [-0.25, -0.2) is 4.98 Å². The lowest BCUT2D eigenvalue weighted by Crippen LogP contribution is -2.25. The Morgan fingerprint density at radius 3 is 2.81 bits per heavy atom. The molecule has 2 aromatic carbocycles. The predicted molar refractivity (Wildman–Crippen MR) is 108 cm³/mol. The summed E-state index contributed by atoms with van der Waals surface area (Å²) in [6.07, 6.45) is 2.16. The van der Waals surface area contributed by atoms with E-state index in [1.165, 1.54) is 22.2 Å². The molecule has 2 aromatic heterocycles. The second-order valence-electron chi connectivity index (χ2n) is 6.29. The van der Waals surface area contributed by atoms with Crippen molar-refractivity contribution < 1.29 is 9.53 Å². The second kappa shape index (κ2) is 7.32. The van der Waals surface area contributed by atoms with Gasteiger partial charge in [-0.3, -0.25) is 14.2 Å². The zero-order valence-electron chi connectivity index (χ0n) is 14.8. The molecule has 0 spiro atoms. The maximum Gasteiger partial charge on any atom is 0.326 e. The molecule has 0 unspecified atom stereocenters. The monoisotopic (exact) mass is 378 g/mol. The number of thiophene rings is 1. The molecule has 0 radical (unpaired) electrons. The molecule has 0 aliphatic heterocycles. The Hall–Kier alpha value is -2.99. The first-order valence-corrected chi connectivity index (χ1v) is 9.67. The Balaban J connectivity index is 1.78. The Kier molecular flexibility index (Phi) is 4.73. The van der Waals surface area contributed by atoms with E-state index in [1.54, 1.807) is 0 Å². The molecule has 6 heteroatoms. The first-order chi connectivity index (χ1) is 13.2. The SMILES string of the molecule is CCCOC(=O)Cn1cnc2scc(-c3ccc4ccccc4c3)c2c1=O. The van der Waals surface area contributed by atoms with Crippen LogP contribution < -0.4 is 5.56 Å². The molecule has 4 aromatic rings. The van der Waals surface area contributed by atoms with E-state index < -0.39 is 5.97 Å². The number of carbonyl (C=O) groups excluding carboxylic acids is 1. The van der Waals surface area contributed by atoms with Gasteiger partial charge in [0.05, 0.1) is 18.3 Å². The van der Waals surface area contributed by atoms with E-state index in [2.05, 4.69) is 17.1 Å². The third kappa shape index (κ3) is 3.36. The van der Waals surface area contributed by atoms with Gasteiger partial charge in [0.2, 0.25) is 0 Å². The van der Waals surface area contributed by atoms with Crippen LogP contribution in [0.15, 0.2) is 59.0 Å². The van der Waals surface area contributed by atoms with Gasteiger partial charge in [0.1, 0.15) is 11.4 Å². The quantitative estimate of drug-likeness (QED) is 0.488. The van der Waals surface area contributed by atoms with Crippen LogP contribution in [0.2, 0.25) is 0 Å². The number of ether oxygens (including phenoxy) is 1. The first-order valence-electron chi connectivity index (χ1n) is 8.79. The number of esters is 1. The highest BCUT2D eigenvalue weighted by Gasteiger charge is 2.15.